The molecule has 106 valence electrons. The SMILES string of the molecule is O=C1CC(c2ccc([N+](=O)[O-])cc2)Nc2cc(Br)ccc21. The number of carbonyl (C=O) groups is 1. The Balaban J connectivity index is 1.91. The number of non-ortho nitro benzene ring substituents is 1. The molecule has 21 heavy (non-hydrogen) atoms. The molecule has 1 aliphatic heterocycles. The standard InChI is InChI=1S/C15H11BrN2O3/c16-10-3-6-12-14(7-10)17-13(8-15(12)19)9-1-4-11(5-2-9)18(20)21/h1-7,13,17H,8H2. The minimum Gasteiger partial charge on any atom is -0.377 e. The van der Waals surface area contributed by atoms with Crippen LogP contribution in [0, 0.1) is 10.1 Å². The van der Waals surface area contributed by atoms with Crippen molar-refractivity contribution in [3.8, 4) is 0 Å². The van der Waals surface area contributed by atoms with Crippen molar-refractivity contribution in [3.63, 3.8) is 0 Å². The number of anilines is 1. The van der Waals surface area contributed by atoms with Gasteiger partial charge >= 0.3 is 0 Å². The third-order valence-electron chi connectivity index (χ3n) is 3.51. The third-order valence-corrected chi connectivity index (χ3v) is 4.00. The zero-order valence-corrected chi connectivity index (χ0v) is 12.5. The zero-order chi connectivity index (χ0) is 15.0. The highest BCUT2D eigenvalue weighted by atomic mass is 79.9. The van der Waals surface area contributed by atoms with E-state index in [9.17, 15) is 14.9 Å². The second kappa shape index (κ2) is 5.29. The first-order valence-electron chi connectivity index (χ1n) is 6.38. The minimum atomic E-state index is -0.435. The van der Waals surface area contributed by atoms with Crippen molar-refractivity contribution in [1.82, 2.24) is 0 Å². The van der Waals surface area contributed by atoms with Crippen molar-refractivity contribution in [1.29, 1.82) is 0 Å². The average molecular weight is 347 g/mol. The van der Waals surface area contributed by atoms with Crippen LogP contribution in [0.2, 0.25) is 0 Å². The van der Waals surface area contributed by atoms with E-state index in [1.807, 2.05) is 12.1 Å². The summed E-state index contributed by atoms with van der Waals surface area (Å²) in [7, 11) is 0. The van der Waals surface area contributed by atoms with Crippen LogP contribution in [0.15, 0.2) is 46.9 Å². The van der Waals surface area contributed by atoms with Gasteiger partial charge in [-0.25, -0.2) is 0 Å². The molecule has 0 amide bonds. The number of Topliss-reactive ketones (excluding diaryl/α,β-unsaturated/α-hetero) is 1. The summed E-state index contributed by atoms with van der Waals surface area (Å²) < 4.78 is 0.894. The van der Waals surface area contributed by atoms with Gasteiger partial charge in [0.2, 0.25) is 0 Å². The van der Waals surface area contributed by atoms with Crippen molar-refractivity contribution < 1.29 is 9.72 Å². The van der Waals surface area contributed by atoms with Crippen LogP contribution in [0.1, 0.15) is 28.4 Å². The summed E-state index contributed by atoms with van der Waals surface area (Å²) in [6.45, 7) is 0. The molecule has 0 radical (unpaired) electrons. The summed E-state index contributed by atoms with van der Waals surface area (Å²) in [5.41, 5.74) is 2.36. The van der Waals surface area contributed by atoms with E-state index >= 15 is 0 Å². The summed E-state index contributed by atoms with van der Waals surface area (Å²) in [5, 5.41) is 14.0. The molecule has 0 spiro atoms. The highest BCUT2D eigenvalue weighted by Crippen LogP contribution is 2.34. The van der Waals surface area contributed by atoms with Gasteiger partial charge < -0.3 is 5.32 Å². The highest BCUT2D eigenvalue weighted by molar-refractivity contribution is 9.10. The molecule has 0 bridgehead atoms. The monoisotopic (exact) mass is 346 g/mol. The fourth-order valence-corrected chi connectivity index (χ4v) is 2.80. The Labute approximate surface area is 129 Å². The smallest absolute Gasteiger partial charge is 0.269 e. The fourth-order valence-electron chi connectivity index (χ4n) is 2.44. The number of nitro groups is 1. The van der Waals surface area contributed by atoms with Gasteiger partial charge in [0.15, 0.2) is 5.78 Å². The van der Waals surface area contributed by atoms with Gasteiger partial charge in [-0.05, 0) is 23.8 Å². The summed E-state index contributed by atoms with van der Waals surface area (Å²) in [5.74, 6) is 0.0691. The van der Waals surface area contributed by atoms with Crippen molar-refractivity contribution >= 4 is 33.1 Å². The van der Waals surface area contributed by atoms with E-state index in [-0.39, 0.29) is 17.5 Å². The number of nitrogens with zero attached hydrogens (tertiary/aromatic N) is 1. The molecule has 1 N–H and O–H groups in total. The minimum absolute atomic E-state index is 0.0454. The van der Waals surface area contributed by atoms with Crippen molar-refractivity contribution in [2.24, 2.45) is 0 Å². The number of benzene rings is 2. The topological polar surface area (TPSA) is 72.2 Å². The Bertz CT molecular complexity index is 728. The molecule has 0 aromatic heterocycles. The van der Waals surface area contributed by atoms with Crippen molar-refractivity contribution in [3.05, 3.63) is 68.2 Å². The van der Waals surface area contributed by atoms with Crippen LogP contribution in [0.3, 0.4) is 0 Å². The largest absolute Gasteiger partial charge is 0.377 e. The van der Waals surface area contributed by atoms with Crippen molar-refractivity contribution in [2.45, 2.75) is 12.5 Å². The van der Waals surface area contributed by atoms with E-state index in [4.69, 9.17) is 0 Å². The number of hydrogen-bond donors (Lipinski definition) is 1. The molecule has 0 fully saturated rings. The Morgan fingerprint density at radius 2 is 1.90 bits per heavy atom. The second-order valence-electron chi connectivity index (χ2n) is 4.86. The molecule has 2 aromatic rings. The number of nitro benzene ring substituents is 1. The molecule has 3 rings (SSSR count). The van der Waals surface area contributed by atoms with Gasteiger partial charge in [-0.2, -0.15) is 0 Å². The number of ketones is 1. The molecule has 1 heterocycles. The Kier molecular flexibility index (Phi) is 3.47. The Morgan fingerprint density at radius 1 is 1.19 bits per heavy atom. The molecule has 0 aliphatic carbocycles. The van der Waals surface area contributed by atoms with Crippen LogP contribution in [0.25, 0.3) is 0 Å². The predicted molar refractivity (Wildman–Crippen MR) is 82.5 cm³/mol. The molecule has 1 unspecified atom stereocenters. The number of nitrogens with one attached hydrogen (secondary N) is 1. The second-order valence-corrected chi connectivity index (χ2v) is 5.78. The summed E-state index contributed by atoms with van der Waals surface area (Å²) in [6.07, 6.45) is 0.340. The number of fused-ring (bicyclic) bond motifs is 1. The van der Waals surface area contributed by atoms with E-state index < -0.39 is 4.92 Å². The predicted octanol–water partition coefficient (Wildman–Crippen LogP) is 4.10. The molecule has 2 aromatic carbocycles. The molecule has 0 saturated heterocycles. The first-order chi connectivity index (χ1) is 10.0. The van der Waals surface area contributed by atoms with Crippen LogP contribution in [-0.4, -0.2) is 10.7 Å². The van der Waals surface area contributed by atoms with Crippen LogP contribution >= 0.6 is 15.9 Å². The lowest BCUT2D eigenvalue weighted by Crippen LogP contribution is -2.22. The van der Waals surface area contributed by atoms with Gasteiger partial charge in [-0.15, -0.1) is 0 Å². The molecule has 6 heteroatoms. The number of carbonyl (C=O) groups excluding carboxylic acids is 1. The fraction of sp³-hybridized carbons (Fsp3) is 0.133. The van der Waals surface area contributed by atoms with E-state index in [2.05, 4.69) is 21.2 Å². The van der Waals surface area contributed by atoms with Crippen LogP contribution in [-0.2, 0) is 0 Å². The normalized spacial score (nSPS) is 17.0. The lowest BCUT2D eigenvalue weighted by atomic mass is 9.92. The van der Waals surface area contributed by atoms with E-state index in [0.717, 1.165) is 15.7 Å². The summed E-state index contributed by atoms with van der Waals surface area (Å²) >= 11 is 3.39. The quantitative estimate of drug-likeness (QED) is 0.656. The maximum Gasteiger partial charge on any atom is 0.269 e. The van der Waals surface area contributed by atoms with Gasteiger partial charge in [0.1, 0.15) is 0 Å². The lowest BCUT2D eigenvalue weighted by molar-refractivity contribution is -0.384. The number of hydrogen-bond acceptors (Lipinski definition) is 4. The maximum absolute atomic E-state index is 12.2. The highest BCUT2D eigenvalue weighted by Gasteiger charge is 2.25. The van der Waals surface area contributed by atoms with Gasteiger partial charge in [-0.1, -0.05) is 28.1 Å². The van der Waals surface area contributed by atoms with Gasteiger partial charge in [-0.3, -0.25) is 14.9 Å². The summed E-state index contributed by atoms with van der Waals surface area (Å²) in [4.78, 5) is 22.4. The lowest BCUT2D eigenvalue weighted by Gasteiger charge is -2.26. The van der Waals surface area contributed by atoms with Gasteiger partial charge in [0, 0.05) is 34.3 Å². The van der Waals surface area contributed by atoms with Crippen LogP contribution < -0.4 is 5.32 Å². The van der Waals surface area contributed by atoms with E-state index in [1.165, 1.54) is 12.1 Å². The third kappa shape index (κ3) is 2.67. The van der Waals surface area contributed by atoms with Crippen LogP contribution in [0.5, 0.6) is 0 Å². The number of halogens is 1. The zero-order valence-electron chi connectivity index (χ0n) is 10.9. The molecule has 1 aliphatic rings. The van der Waals surface area contributed by atoms with Crippen molar-refractivity contribution in [2.75, 3.05) is 5.32 Å². The molecular formula is C15H11BrN2O3. The van der Waals surface area contributed by atoms with Gasteiger partial charge in [0.05, 0.1) is 11.0 Å². The maximum atomic E-state index is 12.2. The Hall–Kier alpha value is -2.21. The Morgan fingerprint density at radius 3 is 2.57 bits per heavy atom. The van der Waals surface area contributed by atoms with E-state index in [1.54, 1.807) is 18.2 Å². The first kappa shape index (κ1) is 13.8. The summed E-state index contributed by atoms with van der Waals surface area (Å²) in [6, 6.07) is 11.6. The molecule has 0 saturated carbocycles. The molecule has 5 nitrogen and oxygen atoms in total. The first-order valence-corrected chi connectivity index (χ1v) is 7.17. The molecule has 1 atom stereocenters. The molecular weight excluding hydrogens is 336 g/mol. The van der Waals surface area contributed by atoms with Crippen LogP contribution in [0.4, 0.5) is 11.4 Å². The van der Waals surface area contributed by atoms with E-state index in [0.29, 0.717) is 12.0 Å². The van der Waals surface area contributed by atoms with Gasteiger partial charge in [0.25, 0.3) is 5.69 Å². The number of rotatable bonds is 2. The average Bonchev–Trinajstić information content (AvgIpc) is 2.46.